The fraction of sp³-hybridized carbons (Fsp3) is 0.286. The smallest absolute Gasteiger partial charge is 0.230 e. The topological polar surface area (TPSA) is 43.1 Å². The molecule has 0 aliphatic rings. The van der Waals surface area contributed by atoms with Crippen LogP contribution in [-0.4, -0.2) is 11.2 Å². The largest absolute Gasteiger partial charge is 0.369 e. The summed E-state index contributed by atoms with van der Waals surface area (Å²) < 4.78 is 0. The van der Waals surface area contributed by atoms with Gasteiger partial charge in [-0.3, -0.25) is 4.79 Å². The highest BCUT2D eigenvalue weighted by Gasteiger charge is 2.09. The zero-order chi connectivity index (χ0) is 8.27. The molecule has 1 rings (SSSR count). The van der Waals surface area contributed by atoms with Crippen molar-refractivity contribution in [2.75, 3.05) is 0 Å². The van der Waals surface area contributed by atoms with Crippen LogP contribution in [0.25, 0.3) is 0 Å². The molecule has 0 saturated carbocycles. The van der Waals surface area contributed by atoms with Gasteiger partial charge in [0.1, 0.15) is 0 Å². The van der Waals surface area contributed by atoms with E-state index >= 15 is 0 Å². The Balaban J connectivity index is 2.50. The quantitative estimate of drug-likeness (QED) is 0.732. The number of primary amides is 1. The standard InChI is InChI=1S/C7H9NOS2/c1-5(7(8)9)11-6-2-3-10-4-6/h2-5H,1H3,(H2,8,9). The molecule has 2 nitrogen and oxygen atoms in total. The van der Waals surface area contributed by atoms with E-state index in [-0.39, 0.29) is 11.2 Å². The van der Waals surface area contributed by atoms with E-state index in [1.54, 1.807) is 11.3 Å². The average Bonchev–Trinajstić information content (AvgIpc) is 2.39. The van der Waals surface area contributed by atoms with E-state index in [2.05, 4.69) is 0 Å². The van der Waals surface area contributed by atoms with Crippen molar-refractivity contribution >= 4 is 29.0 Å². The summed E-state index contributed by atoms with van der Waals surface area (Å²) in [5.74, 6) is -0.263. The first-order valence-electron chi connectivity index (χ1n) is 3.18. The van der Waals surface area contributed by atoms with Crippen molar-refractivity contribution in [3.8, 4) is 0 Å². The summed E-state index contributed by atoms with van der Waals surface area (Å²) in [5.41, 5.74) is 5.10. The van der Waals surface area contributed by atoms with Gasteiger partial charge in [0.2, 0.25) is 5.91 Å². The van der Waals surface area contributed by atoms with E-state index in [1.165, 1.54) is 11.8 Å². The zero-order valence-electron chi connectivity index (χ0n) is 6.11. The minimum atomic E-state index is -0.263. The lowest BCUT2D eigenvalue weighted by atomic mass is 10.5. The number of rotatable bonds is 3. The SMILES string of the molecule is CC(Sc1ccsc1)C(N)=O. The first-order valence-corrected chi connectivity index (χ1v) is 5.00. The van der Waals surface area contributed by atoms with E-state index in [0.717, 1.165) is 4.90 Å². The molecule has 1 heterocycles. The second kappa shape index (κ2) is 3.78. The minimum absolute atomic E-state index is 0.135. The fourth-order valence-corrected chi connectivity index (χ4v) is 2.24. The Morgan fingerprint density at radius 2 is 2.55 bits per heavy atom. The van der Waals surface area contributed by atoms with E-state index in [1.807, 2.05) is 23.8 Å². The predicted molar refractivity (Wildman–Crippen MR) is 48.8 cm³/mol. The molecule has 0 aliphatic carbocycles. The van der Waals surface area contributed by atoms with Crippen LogP contribution in [0.15, 0.2) is 21.7 Å². The Morgan fingerprint density at radius 3 is 3.00 bits per heavy atom. The molecule has 1 aromatic rings. The Kier molecular flexibility index (Phi) is 2.96. The van der Waals surface area contributed by atoms with Crippen LogP contribution in [0.1, 0.15) is 6.92 Å². The van der Waals surface area contributed by atoms with Crippen molar-refractivity contribution in [1.82, 2.24) is 0 Å². The molecule has 1 atom stereocenters. The number of carbonyl (C=O) groups is 1. The van der Waals surface area contributed by atoms with Gasteiger partial charge in [-0.05, 0) is 18.4 Å². The summed E-state index contributed by atoms with van der Waals surface area (Å²) in [5, 5.41) is 3.85. The molecule has 0 spiro atoms. The number of amides is 1. The molecular formula is C7H9NOS2. The molecule has 1 aromatic heterocycles. The van der Waals surface area contributed by atoms with Gasteiger partial charge >= 0.3 is 0 Å². The Bertz CT molecular complexity index is 233. The van der Waals surface area contributed by atoms with Gasteiger partial charge in [-0.2, -0.15) is 11.3 Å². The van der Waals surface area contributed by atoms with Gasteiger partial charge in [0.05, 0.1) is 5.25 Å². The Morgan fingerprint density at radius 1 is 1.82 bits per heavy atom. The number of nitrogens with two attached hydrogens (primary N) is 1. The second-order valence-corrected chi connectivity index (χ2v) is 4.32. The molecule has 2 N–H and O–H groups in total. The third-order valence-electron chi connectivity index (χ3n) is 1.21. The van der Waals surface area contributed by atoms with Crippen LogP contribution < -0.4 is 5.73 Å². The van der Waals surface area contributed by atoms with Crippen LogP contribution in [0.4, 0.5) is 0 Å². The van der Waals surface area contributed by atoms with Crippen LogP contribution >= 0.6 is 23.1 Å². The number of hydrogen-bond acceptors (Lipinski definition) is 3. The lowest BCUT2D eigenvalue weighted by molar-refractivity contribution is -0.117. The summed E-state index contributed by atoms with van der Waals surface area (Å²) in [6.07, 6.45) is 0. The van der Waals surface area contributed by atoms with Crippen molar-refractivity contribution in [3.63, 3.8) is 0 Å². The van der Waals surface area contributed by atoms with Crippen LogP contribution in [0.2, 0.25) is 0 Å². The van der Waals surface area contributed by atoms with E-state index in [4.69, 9.17) is 5.73 Å². The molecule has 0 bridgehead atoms. The first kappa shape index (κ1) is 8.62. The monoisotopic (exact) mass is 187 g/mol. The number of thioether (sulfide) groups is 1. The number of carbonyl (C=O) groups excluding carboxylic acids is 1. The van der Waals surface area contributed by atoms with Gasteiger partial charge < -0.3 is 5.73 Å². The molecule has 0 radical (unpaired) electrons. The number of hydrogen-bond donors (Lipinski definition) is 1. The van der Waals surface area contributed by atoms with Gasteiger partial charge in [-0.25, -0.2) is 0 Å². The van der Waals surface area contributed by atoms with Gasteiger partial charge in [-0.15, -0.1) is 11.8 Å². The molecule has 1 amide bonds. The summed E-state index contributed by atoms with van der Waals surface area (Å²) in [7, 11) is 0. The zero-order valence-corrected chi connectivity index (χ0v) is 7.74. The van der Waals surface area contributed by atoms with Gasteiger partial charge in [0.25, 0.3) is 0 Å². The van der Waals surface area contributed by atoms with Crippen molar-refractivity contribution < 1.29 is 4.79 Å². The maximum atomic E-state index is 10.6. The maximum Gasteiger partial charge on any atom is 0.230 e. The third-order valence-corrected chi connectivity index (χ3v) is 3.15. The molecule has 60 valence electrons. The lowest BCUT2D eigenvalue weighted by Gasteiger charge is -2.03. The Labute approximate surface area is 73.8 Å². The van der Waals surface area contributed by atoms with E-state index in [9.17, 15) is 4.79 Å². The van der Waals surface area contributed by atoms with E-state index in [0.29, 0.717) is 0 Å². The van der Waals surface area contributed by atoms with Gasteiger partial charge in [0.15, 0.2) is 0 Å². The lowest BCUT2D eigenvalue weighted by Crippen LogP contribution is -2.22. The third kappa shape index (κ3) is 2.55. The average molecular weight is 187 g/mol. The van der Waals surface area contributed by atoms with Crippen molar-refractivity contribution in [3.05, 3.63) is 16.8 Å². The van der Waals surface area contributed by atoms with Crippen LogP contribution in [0.5, 0.6) is 0 Å². The summed E-state index contributed by atoms with van der Waals surface area (Å²) in [6, 6.07) is 1.98. The number of thiophene rings is 1. The van der Waals surface area contributed by atoms with Gasteiger partial charge in [-0.1, -0.05) is 0 Å². The predicted octanol–water partition coefficient (Wildman–Crippen LogP) is 1.71. The molecule has 0 saturated heterocycles. The molecule has 0 aromatic carbocycles. The summed E-state index contributed by atoms with van der Waals surface area (Å²) in [6.45, 7) is 1.81. The van der Waals surface area contributed by atoms with Crippen LogP contribution in [-0.2, 0) is 4.79 Å². The molecular weight excluding hydrogens is 178 g/mol. The van der Waals surface area contributed by atoms with Crippen molar-refractivity contribution in [2.45, 2.75) is 17.1 Å². The normalized spacial score (nSPS) is 12.8. The minimum Gasteiger partial charge on any atom is -0.369 e. The van der Waals surface area contributed by atoms with Crippen LogP contribution in [0.3, 0.4) is 0 Å². The first-order chi connectivity index (χ1) is 5.20. The van der Waals surface area contributed by atoms with Gasteiger partial charge in [0, 0.05) is 10.3 Å². The highest BCUT2D eigenvalue weighted by Crippen LogP contribution is 2.24. The Hall–Kier alpha value is -0.480. The summed E-state index contributed by atoms with van der Waals surface area (Å²) >= 11 is 3.11. The van der Waals surface area contributed by atoms with E-state index < -0.39 is 0 Å². The molecule has 4 heteroatoms. The highest BCUT2D eigenvalue weighted by atomic mass is 32.2. The van der Waals surface area contributed by atoms with Crippen molar-refractivity contribution in [2.24, 2.45) is 5.73 Å². The molecule has 1 unspecified atom stereocenters. The van der Waals surface area contributed by atoms with Crippen molar-refractivity contribution in [1.29, 1.82) is 0 Å². The maximum absolute atomic E-state index is 10.6. The summed E-state index contributed by atoms with van der Waals surface area (Å²) in [4.78, 5) is 11.7. The highest BCUT2D eigenvalue weighted by molar-refractivity contribution is 8.00. The fourth-order valence-electron chi connectivity index (χ4n) is 0.581. The molecule has 0 fully saturated rings. The second-order valence-electron chi connectivity index (χ2n) is 2.12. The van der Waals surface area contributed by atoms with Crippen LogP contribution in [0, 0.1) is 0 Å². The molecule has 11 heavy (non-hydrogen) atoms. The molecule has 0 aliphatic heterocycles.